The molecular formula is C36H56O9. The Labute approximate surface area is 267 Å². The van der Waals surface area contributed by atoms with E-state index in [0.29, 0.717) is 25.2 Å². The number of fused-ring (bicyclic) bond motifs is 7. The number of aliphatic hydroxyl groups excluding tert-OH is 6. The Hall–Kier alpha value is -1.33. The lowest BCUT2D eigenvalue weighted by molar-refractivity contribution is -0.295. The second kappa shape index (κ2) is 10.8. The predicted molar refractivity (Wildman–Crippen MR) is 166 cm³/mol. The SMILES string of the molecule is CC1=C2C3=CC[C@@H]4[C@@]5(C)C[C@@H](O)[C@H](O)C(C)(C)[C@@H]5CC[C@@]4(C)[C@]3(C)CC[C@@]2(C(=O)O[C@@H]2O[C@H](CO)[C@@H](O)[C@H](O)[C@H]2O)CC[C@H]1C. The van der Waals surface area contributed by atoms with Crippen LogP contribution in [0.1, 0.15) is 99.8 Å². The maximum absolute atomic E-state index is 14.4. The molecule has 5 aliphatic carbocycles. The van der Waals surface area contributed by atoms with Crippen LogP contribution in [-0.4, -0.2) is 86.1 Å². The lowest BCUT2D eigenvalue weighted by Gasteiger charge is -2.70. The molecule has 0 bridgehead atoms. The molecule has 1 heterocycles. The molecule has 4 fully saturated rings. The number of hydrogen-bond donors (Lipinski definition) is 6. The molecule has 0 aromatic heterocycles. The van der Waals surface area contributed by atoms with Crippen molar-refractivity contribution in [2.75, 3.05) is 6.61 Å². The average Bonchev–Trinajstić information content (AvgIpc) is 2.98. The molecule has 0 unspecified atom stereocenters. The van der Waals surface area contributed by atoms with Crippen LogP contribution in [-0.2, 0) is 14.3 Å². The third kappa shape index (κ3) is 4.40. The highest BCUT2D eigenvalue weighted by atomic mass is 16.7. The van der Waals surface area contributed by atoms with E-state index in [1.165, 1.54) is 11.1 Å². The summed E-state index contributed by atoms with van der Waals surface area (Å²) in [6, 6.07) is 0. The normalized spacial score (nSPS) is 52.5. The maximum atomic E-state index is 14.4. The highest BCUT2D eigenvalue weighted by Crippen LogP contribution is 2.75. The summed E-state index contributed by atoms with van der Waals surface area (Å²) in [7, 11) is 0. The summed E-state index contributed by atoms with van der Waals surface area (Å²) in [6.07, 6.45) is -0.447. The van der Waals surface area contributed by atoms with Crippen molar-refractivity contribution in [3.63, 3.8) is 0 Å². The third-order valence-electron chi connectivity index (χ3n) is 14.8. The minimum atomic E-state index is -1.65. The summed E-state index contributed by atoms with van der Waals surface area (Å²) in [6.45, 7) is 15.1. The first-order chi connectivity index (χ1) is 20.9. The van der Waals surface area contributed by atoms with Gasteiger partial charge in [0.2, 0.25) is 6.29 Å². The van der Waals surface area contributed by atoms with E-state index in [4.69, 9.17) is 9.47 Å². The number of ether oxygens (including phenoxy) is 2. The summed E-state index contributed by atoms with van der Waals surface area (Å²) in [5.74, 6) is 0.373. The van der Waals surface area contributed by atoms with E-state index >= 15 is 0 Å². The Bertz CT molecular complexity index is 1270. The molecule has 0 amide bonds. The van der Waals surface area contributed by atoms with E-state index < -0.39 is 66.3 Å². The fraction of sp³-hybridized carbons (Fsp3) is 0.861. The van der Waals surface area contributed by atoms with Crippen LogP contribution >= 0.6 is 0 Å². The van der Waals surface area contributed by atoms with Crippen LogP contribution in [0.2, 0.25) is 0 Å². The number of rotatable bonds is 3. The monoisotopic (exact) mass is 632 g/mol. The molecule has 0 aromatic rings. The summed E-state index contributed by atoms with van der Waals surface area (Å²) in [5.41, 5.74) is 1.65. The Balaban J connectivity index is 1.39. The first-order valence-corrected chi connectivity index (χ1v) is 17.2. The molecule has 6 rings (SSSR count). The lowest BCUT2D eigenvalue weighted by atomic mass is 9.34. The van der Waals surface area contributed by atoms with Gasteiger partial charge in [0.05, 0.1) is 24.2 Å². The number of carbonyl (C=O) groups excluding carboxylic acids is 1. The van der Waals surface area contributed by atoms with Crippen LogP contribution in [0, 0.1) is 44.8 Å². The molecule has 14 atom stereocenters. The molecule has 9 heteroatoms. The molecular weight excluding hydrogens is 576 g/mol. The molecule has 3 saturated carbocycles. The Morgan fingerprint density at radius 2 is 1.62 bits per heavy atom. The van der Waals surface area contributed by atoms with E-state index in [0.717, 1.165) is 37.7 Å². The highest BCUT2D eigenvalue weighted by Gasteiger charge is 2.69. The summed E-state index contributed by atoms with van der Waals surface area (Å²) in [5, 5.41) is 63.1. The standard InChI is InChI=1S/C36H56O9/c1-18-10-13-36(31(43)45-30-28(41)27(40)26(39)22(17-37)44-30)15-14-34(6)20(25(36)19(18)2)8-9-24-33(5)16-21(38)29(42)32(3,4)23(33)11-12-35(24,34)7/h8,18,21-24,26-30,37-42H,9-17H2,1-7H3/t18-,21-,22-,23+,24-,26-,27+,28-,29+,30+,33+,34-,35-,36+/m1/s1. The first kappa shape index (κ1) is 33.6. The van der Waals surface area contributed by atoms with E-state index in [-0.39, 0.29) is 28.1 Å². The van der Waals surface area contributed by atoms with Gasteiger partial charge in [-0.2, -0.15) is 0 Å². The van der Waals surface area contributed by atoms with Gasteiger partial charge in [0, 0.05) is 0 Å². The van der Waals surface area contributed by atoms with Crippen molar-refractivity contribution in [2.45, 2.75) is 143 Å². The summed E-state index contributed by atoms with van der Waals surface area (Å²) in [4.78, 5) is 14.4. The summed E-state index contributed by atoms with van der Waals surface area (Å²) < 4.78 is 11.5. The van der Waals surface area contributed by atoms with Crippen LogP contribution in [0.25, 0.3) is 0 Å². The average molecular weight is 633 g/mol. The van der Waals surface area contributed by atoms with Crippen molar-refractivity contribution < 1.29 is 44.9 Å². The number of hydrogen-bond acceptors (Lipinski definition) is 9. The van der Waals surface area contributed by atoms with Crippen LogP contribution in [0.15, 0.2) is 22.8 Å². The highest BCUT2D eigenvalue weighted by molar-refractivity contribution is 5.84. The maximum Gasteiger partial charge on any atom is 0.318 e. The molecule has 45 heavy (non-hydrogen) atoms. The lowest BCUT2D eigenvalue weighted by Crippen LogP contribution is -2.66. The van der Waals surface area contributed by atoms with Crippen molar-refractivity contribution in [1.82, 2.24) is 0 Å². The van der Waals surface area contributed by atoms with Gasteiger partial charge in [-0.3, -0.25) is 4.79 Å². The molecule has 0 spiro atoms. The molecule has 6 aliphatic rings. The van der Waals surface area contributed by atoms with E-state index in [1.54, 1.807) is 0 Å². The van der Waals surface area contributed by atoms with Crippen molar-refractivity contribution in [3.05, 3.63) is 22.8 Å². The Morgan fingerprint density at radius 3 is 2.29 bits per heavy atom. The van der Waals surface area contributed by atoms with E-state index in [1.807, 2.05) is 0 Å². The van der Waals surface area contributed by atoms with E-state index in [2.05, 4.69) is 54.5 Å². The fourth-order valence-electron chi connectivity index (χ4n) is 11.7. The quantitative estimate of drug-likeness (QED) is 0.257. The van der Waals surface area contributed by atoms with Crippen LogP contribution in [0.5, 0.6) is 0 Å². The predicted octanol–water partition coefficient (Wildman–Crippen LogP) is 3.38. The zero-order valence-electron chi connectivity index (χ0n) is 28.1. The van der Waals surface area contributed by atoms with Crippen molar-refractivity contribution in [2.24, 2.45) is 44.8 Å². The number of aliphatic hydroxyl groups is 6. The number of carbonyl (C=O) groups is 1. The Morgan fingerprint density at radius 1 is 0.933 bits per heavy atom. The number of esters is 1. The van der Waals surface area contributed by atoms with Gasteiger partial charge in [0.25, 0.3) is 0 Å². The van der Waals surface area contributed by atoms with Crippen molar-refractivity contribution in [1.29, 1.82) is 0 Å². The minimum absolute atomic E-state index is 0.0955. The smallest absolute Gasteiger partial charge is 0.318 e. The molecule has 254 valence electrons. The van der Waals surface area contributed by atoms with Gasteiger partial charge in [0.15, 0.2) is 0 Å². The fourth-order valence-corrected chi connectivity index (χ4v) is 11.7. The van der Waals surface area contributed by atoms with Crippen molar-refractivity contribution >= 4 is 5.97 Å². The van der Waals surface area contributed by atoms with Gasteiger partial charge in [-0.25, -0.2) is 0 Å². The van der Waals surface area contributed by atoms with Crippen LogP contribution in [0.4, 0.5) is 0 Å². The number of allylic oxidation sites excluding steroid dienone is 3. The zero-order valence-corrected chi connectivity index (χ0v) is 28.1. The van der Waals surface area contributed by atoms with Gasteiger partial charge >= 0.3 is 5.97 Å². The van der Waals surface area contributed by atoms with Gasteiger partial charge in [0.1, 0.15) is 24.4 Å². The second-order valence-corrected chi connectivity index (χ2v) is 17.0. The molecule has 0 radical (unpaired) electrons. The van der Waals surface area contributed by atoms with Crippen molar-refractivity contribution in [3.8, 4) is 0 Å². The van der Waals surface area contributed by atoms with E-state index in [9.17, 15) is 35.4 Å². The molecule has 1 saturated heterocycles. The van der Waals surface area contributed by atoms with Gasteiger partial charge in [-0.1, -0.05) is 53.2 Å². The molecule has 1 aliphatic heterocycles. The largest absolute Gasteiger partial charge is 0.432 e. The van der Waals surface area contributed by atoms with Crippen LogP contribution in [0.3, 0.4) is 0 Å². The minimum Gasteiger partial charge on any atom is -0.432 e. The molecule has 0 aromatic carbocycles. The first-order valence-electron chi connectivity index (χ1n) is 17.2. The van der Waals surface area contributed by atoms with Crippen LogP contribution < -0.4 is 0 Å². The Kier molecular flexibility index (Phi) is 8.09. The van der Waals surface area contributed by atoms with Gasteiger partial charge in [-0.05, 0) is 109 Å². The second-order valence-electron chi connectivity index (χ2n) is 17.0. The molecule has 6 N–H and O–H groups in total. The molecule has 9 nitrogen and oxygen atoms in total. The topological polar surface area (TPSA) is 157 Å². The zero-order chi connectivity index (χ0) is 33.1. The third-order valence-corrected chi connectivity index (χ3v) is 14.8. The van der Waals surface area contributed by atoms with Gasteiger partial charge in [-0.15, -0.1) is 0 Å². The van der Waals surface area contributed by atoms with Gasteiger partial charge < -0.3 is 40.1 Å². The summed E-state index contributed by atoms with van der Waals surface area (Å²) >= 11 is 0.